The minimum absolute atomic E-state index is 0.0956. The van der Waals surface area contributed by atoms with Gasteiger partial charge in [-0.25, -0.2) is 0 Å². The van der Waals surface area contributed by atoms with E-state index in [0.29, 0.717) is 17.2 Å². The molecule has 7 rings (SSSR count). The number of hydrogen-bond donors (Lipinski definition) is 1. The third-order valence-corrected chi connectivity index (χ3v) is 9.21. The van der Waals surface area contributed by atoms with E-state index in [9.17, 15) is 14.4 Å². The molecule has 1 fully saturated rings. The highest BCUT2D eigenvalue weighted by molar-refractivity contribution is 6.36. The topological polar surface area (TPSA) is 84.9 Å². The lowest BCUT2D eigenvalue weighted by atomic mass is 9.54. The third kappa shape index (κ3) is 3.18. The van der Waals surface area contributed by atoms with Crippen LogP contribution in [0.3, 0.4) is 0 Å². The highest BCUT2D eigenvalue weighted by Gasteiger charge is 2.72. The molecule has 2 bridgehead atoms. The number of ether oxygens (including phenoxy) is 2. The summed E-state index contributed by atoms with van der Waals surface area (Å²) in [4.78, 5) is 39.2. The van der Waals surface area contributed by atoms with Crippen LogP contribution in [0.1, 0.15) is 28.7 Å². The lowest BCUT2D eigenvalue weighted by molar-refractivity contribution is -0.140. The Balaban J connectivity index is 1.30. The highest BCUT2D eigenvalue weighted by atomic mass is 35.5. The number of hydrogen-bond acceptors (Lipinski definition) is 5. The van der Waals surface area contributed by atoms with E-state index < -0.39 is 33.4 Å². The maximum absolute atomic E-state index is 13.8. The highest BCUT2D eigenvalue weighted by Crippen LogP contribution is 2.69. The molecule has 7 nitrogen and oxygen atoms in total. The van der Waals surface area contributed by atoms with Crippen LogP contribution < -0.4 is 14.8 Å². The van der Waals surface area contributed by atoms with E-state index in [1.807, 2.05) is 48.5 Å². The quantitative estimate of drug-likeness (QED) is 0.357. The average Bonchev–Trinajstić information content (AvgIpc) is 3.21. The Morgan fingerprint density at radius 1 is 0.842 bits per heavy atom. The molecular formula is C29H24Cl2N2O5. The first-order chi connectivity index (χ1) is 18.3. The molecule has 0 aromatic heterocycles. The summed E-state index contributed by atoms with van der Waals surface area (Å²) in [5.74, 6) is -1.97. The normalized spacial score (nSPS) is 26.5. The van der Waals surface area contributed by atoms with Crippen LogP contribution in [0.25, 0.3) is 0 Å². The van der Waals surface area contributed by atoms with Crippen LogP contribution in [0.15, 0.2) is 66.7 Å². The van der Waals surface area contributed by atoms with Crippen molar-refractivity contribution in [2.45, 2.75) is 16.2 Å². The van der Waals surface area contributed by atoms with Crippen molar-refractivity contribution >= 4 is 46.6 Å². The molecule has 0 spiro atoms. The SMILES string of the molecule is COc1ccc(NC(=O)CCN2C(=O)[C@@H]3[C@@H](C2=O)C2(Cl)c4ccccc4C3(Cl)c3ccccc32)c(OC)c1. The lowest BCUT2D eigenvalue weighted by Crippen LogP contribution is -2.57. The summed E-state index contributed by atoms with van der Waals surface area (Å²) >= 11 is 14.8. The number of nitrogens with one attached hydrogen (secondary N) is 1. The number of halogens is 2. The molecule has 0 saturated carbocycles. The van der Waals surface area contributed by atoms with E-state index in [1.165, 1.54) is 14.2 Å². The summed E-state index contributed by atoms with van der Waals surface area (Å²) in [5, 5.41) is 2.78. The fraction of sp³-hybridized carbons (Fsp3) is 0.276. The van der Waals surface area contributed by atoms with Crippen molar-refractivity contribution in [3.63, 3.8) is 0 Å². The van der Waals surface area contributed by atoms with Gasteiger partial charge in [-0.1, -0.05) is 48.5 Å². The van der Waals surface area contributed by atoms with Crippen molar-refractivity contribution in [1.29, 1.82) is 0 Å². The van der Waals surface area contributed by atoms with Gasteiger partial charge in [0.2, 0.25) is 17.7 Å². The Hall–Kier alpha value is -3.55. The maximum Gasteiger partial charge on any atom is 0.235 e. The standard InChI is InChI=1S/C29H24Cl2N2O5/c1-37-16-11-12-21(22(15-16)38-2)32-23(34)13-14-33-26(35)24-25(27(33)36)29(31)18-8-4-3-7-17(18)28(24,30)19-9-5-6-10-20(19)29/h3-12,15,24-25H,13-14H2,1-2H3,(H,32,34)/t24-,25-,28?,29?/m0/s1. The fourth-order valence-electron chi connectivity index (χ4n) is 6.27. The van der Waals surface area contributed by atoms with Gasteiger partial charge in [0, 0.05) is 19.0 Å². The van der Waals surface area contributed by atoms with Gasteiger partial charge in [-0.3, -0.25) is 19.3 Å². The van der Waals surface area contributed by atoms with Gasteiger partial charge < -0.3 is 14.8 Å². The van der Waals surface area contributed by atoms with E-state index in [1.54, 1.807) is 18.2 Å². The molecule has 1 heterocycles. The van der Waals surface area contributed by atoms with Crippen molar-refractivity contribution < 1.29 is 23.9 Å². The summed E-state index contributed by atoms with van der Waals surface area (Å²) in [6, 6.07) is 20.0. The van der Waals surface area contributed by atoms with Crippen LogP contribution >= 0.6 is 23.2 Å². The van der Waals surface area contributed by atoms with Gasteiger partial charge in [0.25, 0.3) is 0 Å². The minimum atomic E-state index is -1.24. The Morgan fingerprint density at radius 3 is 1.79 bits per heavy atom. The number of anilines is 1. The summed E-state index contributed by atoms with van der Waals surface area (Å²) in [6.45, 7) is -0.0956. The predicted molar refractivity (Wildman–Crippen MR) is 143 cm³/mol. The number of imide groups is 1. The zero-order valence-electron chi connectivity index (χ0n) is 20.7. The second-order valence-corrected chi connectivity index (χ2v) is 10.9. The second kappa shape index (κ2) is 8.75. The number of amides is 3. The molecule has 1 N–H and O–H groups in total. The smallest absolute Gasteiger partial charge is 0.235 e. The van der Waals surface area contributed by atoms with Crippen molar-refractivity contribution in [2.24, 2.45) is 11.8 Å². The Labute approximate surface area is 229 Å². The second-order valence-electron chi connectivity index (χ2n) is 9.66. The number of rotatable bonds is 6. The van der Waals surface area contributed by atoms with E-state index in [-0.39, 0.29) is 18.9 Å². The van der Waals surface area contributed by atoms with Gasteiger partial charge >= 0.3 is 0 Å². The van der Waals surface area contributed by atoms with Gasteiger partial charge in [0.1, 0.15) is 21.2 Å². The number of nitrogens with zero attached hydrogens (tertiary/aromatic N) is 1. The van der Waals surface area contributed by atoms with Gasteiger partial charge in [0.05, 0.1) is 31.7 Å². The van der Waals surface area contributed by atoms with E-state index in [2.05, 4.69) is 5.32 Å². The zero-order valence-corrected chi connectivity index (χ0v) is 22.2. The van der Waals surface area contributed by atoms with Gasteiger partial charge in [0.15, 0.2) is 0 Å². The van der Waals surface area contributed by atoms with Gasteiger partial charge in [-0.2, -0.15) is 0 Å². The lowest BCUT2D eigenvalue weighted by Gasteiger charge is -2.54. The first kappa shape index (κ1) is 24.8. The molecule has 1 saturated heterocycles. The van der Waals surface area contributed by atoms with Crippen LogP contribution in [0, 0.1) is 11.8 Å². The zero-order chi connectivity index (χ0) is 26.8. The monoisotopic (exact) mass is 550 g/mol. The van der Waals surface area contributed by atoms with Crippen molar-refractivity contribution in [2.75, 3.05) is 26.1 Å². The van der Waals surface area contributed by atoms with Crippen LogP contribution in [0.5, 0.6) is 11.5 Å². The van der Waals surface area contributed by atoms with Crippen LogP contribution in [0.2, 0.25) is 0 Å². The molecule has 3 aromatic carbocycles. The van der Waals surface area contributed by atoms with E-state index >= 15 is 0 Å². The van der Waals surface area contributed by atoms with Crippen LogP contribution in [-0.2, 0) is 24.1 Å². The number of benzene rings is 3. The van der Waals surface area contributed by atoms with Crippen molar-refractivity contribution in [3.05, 3.63) is 89.0 Å². The van der Waals surface area contributed by atoms with Crippen LogP contribution in [-0.4, -0.2) is 43.4 Å². The molecule has 3 amide bonds. The molecule has 4 aliphatic rings. The summed E-state index contributed by atoms with van der Waals surface area (Å²) in [5.41, 5.74) is 3.41. The molecule has 3 aromatic rings. The summed E-state index contributed by atoms with van der Waals surface area (Å²) in [6.07, 6.45) is -0.101. The molecule has 2 atom stereocenters. The van der Waals surface area contributed by atoms with Gasteiger partial charge in [-0.05, 0) is 34.4 Å². The summed E-state index contributed by atoms with van der Waals surface area (Å²) < 4.78 is 10.5. The van der Waals surface area contributed by atoms with Crippen LogP contribution in [0.4, 0.5) is 5.69 Å². The van der Waals surface area contributed by atoms with E-state index in [4.69, 9.17) is 32.7 Å². The molecule has 1 aliphatic heterocycles. The summed E-state index contributed by atoms with van der Waals surface area (Å²) in [7, 11) is 3.02. The number of likely N-dealkylation sites (tertiary alicyclic amines) is 1. The van der Waals surface area contributed by atoms with E-state index in [0.717, 1.165) is 27.2 Å². The first-order valence-corrected chi connectivity index (χ1v) is 13.0. The Bertz CT molecular complexity index is 1380. The number of carbonyl (C=O) groups excluding carboxylic acids is 3. The first-order valence-electron chi connectivity index (χ1n) is 12.2. The molecule has 38 heavy (non-hydrogen) atoms. The fourth-order valence-corrected chi connectivity index (χ4v) is 7.37. The molecule has 3 aliphatic carbocycles. The molecule has 0 radical (unpaired) electrons. The maximum atomic E-state index is 13.8. The average molecular weight is 551 g/mol. The predicted octanol–water partition coefficient (Wildman–Crippen LogP) is 4.63. The largest absolute Gasteiger partial charge is 0.497 e. The third-order valence-electron chi connectivity index (χ3n) is 7.92. The molecule has 9 heteroatoms. The number of alkyl halides is 2. The number of carbonyl (C=O) groups is 3. The van der Waals surface area contributed by atoms with Crippen molar-refractivity contribution in [3.8, 4) is 11.5 Å². The Kier molecular flexibility index (Phi) is 5.70. The minimum Gasteiger partial charge on any atom is -0.497 e. The molecular weight excluding hydrogens is 527 g/mol. The Morgan fingerprint density at radius 2 is 1.34 bits per heavy atom. The molecule has 0 unspecified atom stereocenters. The molecule has 194 valence electrons. The van der Waals surface area contributed by atoms with Gasteiger partial charge in [-0.15, -0.1) is 23.2 Å². The van der Waals surface area contributed by atoms with Crippen molar-refractivity contribution in [1.82, 2.24) is 4.90 Å². The number of methoxy groups -OCH3 is 2.